The van der Waals surface area contributed by atoms with E-state index in [0.717, 1.165) is 0 Å². The van der Waals surface area contributed by atoms with Gasteiger partial charge in [0.25, 0.3) is 0 Å². The van der Waals surface area contributed by atoms with Crippen molar-refractivity contribution in [2.24, 2.45) is 5.10 Å². The van der Waals surface area contributed by atoms with Crippen molar-refractivity contribution in [2.75, 3.05) is 19.6 Å². The number of ether oxygens (including phenoxy) is 3. The molecule has 0 unspecified atom stereocenters. The summed E-state index contributed by atoms with van der Waals surface area (Å²) in [6.07, 6.45) is 1.50. The van der Waals surface area contributed by atoms with E-state index in [1.165, 1.54) is 39.5 Å². The third-order valence-electron chi connectivity index (χ3n) is 3.25. The van der Waals surface area contributed by atoms with Gasteiger partial charge in [-0.25, -0.2) is 4.79 Å². The zero-order chi connectivity index (χ0) is 19.1. The molecule has 0 aliphatic carbocycles. The van der Waals surface area contributed by atoms with Gasteiger partial charge in [-0.2, -0.15) is 5.10 Å². The predicted octanol–water partition coefficient (Wildman–Crippen LogP) is 2.77. The van der Waals surface area contributed by atoms with E-state index in [2.05, 4.69) is 10.5 Å². The zero-order valence-electron chi connectivity index (χ0n) is 14.5. The normalized spacial score (nSPS) is 10.4. The first-order valence-electron chi connectivity index (χ1n) is 7.51. The van der Waals surface area contributed by atoms with Crippen LogP contribution in [0.25, 0.3) is 0 Å². The van der Waals surface area contributed by atoms with Crippen LogP contribution in [0, 0.1) is 0 Å². The summed E-state index contributed by atoms with van der Waals surface area (Å²) in [5.74, 6) is -0.708. The van der Waals surface area contributed by atoms with Gasteiger partial charge in [0.2, 0.25) is 5.75 Å². The zero-order valence-corrected chi connectivity index (χ0v) is 14.5. The second-order valence-electron chi connectivity index (χ2n) is 5.10. The lowest BCUT2D eigenvalue weighted by Gasteiger charge is -2.13. The lowest BCUT2D eigenvalue weighted by molar-refractivity contribution is -0.132. The van der Waals surface area contributed by atoms with Gasteiger partial charge in [0.1, 0.15) is 0 Å². The van der Waals surface area contributed by atoms with Crippen molar-refractivity contribution in [3.63, 3.8) is 0 Å². The van der Waals surface area contributed by atoms with Crippen molar-refractivity contribution >= 4 is 23.8 Å². The molecule has 2 N–H and O–H groups in total. The number of hydrazone groups is 1. The van der Waals surface area contributed by atoms with Gasteiger partial charge in [0.05, 0.1) is 31.7 Å². The molecule has 8 heteroatoms. The maximum absolute atomic E-state index is 11.2. The summed E-state index contributed by atoms with van der Waals surface area (Å²) >= 11 is 0. The molecule has 0 aliphatic rings. The second kappa shape index (κ2) is 8.52. The van der Waals surface area contributed by atoms with E-state index in [-0.39, 0.29) is 11.3 Å². The number of carboxylic acids is 1. The predicted molar refractivity (Wildman–Crippen MR) is 95.5 cm³/mol. The van der Waals surface area contributed by atoms with E-state index in [0.29, 0.717) is 22.7 Å². The van der Waals surface area contributed by atoms with Crippen molar-refractivity contribution in [3.8, 4) is 17.2 Å². The first-order valence-corrected chi connectivity index (χ1v) is 7.51. The number of nitrogens with one attached hydrogen (secondary N) is 1. The van der Waals surface area contributed by atoms with Gasteiger partial charge in [0.15, 0.2) is 11.5 Å². The fourth-order valence-electron chi connectivity index (χ4n) is 2.12. The third kappa shape index (κ3) is 4.73. The number of anilines is 1. The quantitative estimate of drug-likeness (QED) is 0.339. The molecule has 0 aromatic heterocycles. The molecular formula is C18H18N2O6. The Bertz CT molecular complexity index is 822. The smallest absolute Gasteiger partial charge is 0.335 e. The Balaban J connectivity index is 2.23. The SMILES string of the molecule is COc1cc(/C=N/Nc2cccc(C(=O)O)c2)cc(OC)c1OC(C)=O. The van der Waals surface area contributed by atoms with Crippen LogP contribution in [0.5, 0.6) is 17.2 Å². The van der Waals surface area contributed by atoms with Gasteiger partial charge in [-0.15, -0.1) is 0 Å². The molecule has 8 nitrogen and oxygen atoms in total. The van der Waals surface area contributed by atoms with Crippen LogP contribution >= 0.6 is 0 Å². The number of hydrogen-bond acceptors (Lipinski definition) is 7. The molecule has 0 saturated carbocycles. The Kier molecular flexibility index (Phi) is 6.15. The minimum atomic E-state index is -1.02. The van der Waals surface area contributed by atoms with Crippen LogP contribution in [0.2, 0.25) is 0 Å². The number of carbonyl (C=O) groups excluding carboxylic acids is 1. The Labute approximate surface area is 150 Å². The van der Waals surface area contributed by atoms with Crippen LogP contribution in [0.15, 0.2) is 41.5 Å². The van der Waals surface area contributed by atoms with Gasteiger partial charge in [-0.3, -0.25) is 10.2 Å². The monoisotopic (exact) mass is 358 g/mol. The lowest BCUT2D eigenvalue weighted by Crippen LogP contribution is -2.05. The van der Waals surface area contributed by atoms with Crippen LogP contribution in [-0.4, -0.2) is 37.5 Å². The largest absolute Gasteiger partial charge is 0.493 e. The van der Waals surface area contributed by atoms with E-state index in [1.807, 2.05) is 0 Å². The van der Waals surface area contributed by atoms with E-state index >= 15 is 0 Å². The average Bonchev–Trinajstić information content (AvgIpc) is 2.62. The first-order chi connectivity index (χ1) is 12.4. The van der Waals surface area contributed by atoms with Crippen molar-refractivity contribution in [3.05, 3.63) is 47.5 Å². The molecule has 0 fully saturated rings. The summed E-state index contributed by atoms with van der Waals surface area (Å²) in [7, 11) is 2.89. The summed E-state index contributed by atoms with van der Waals surface area (Å²) in [6, 6.07) is 9.50. The molecule has 26 heavy (non-hydrogen) atoms. The minimum absolute atomic E-state index is 0.152. The van der Waals surface area contributed by atoms with Gasteiger partial charge in [-0.05, 0) is 30.3 Å². The molecule has 136 valence electrons. The highest BCUT2D eigenvalue weighted by atomic mass is 16.6. The lowest BCUT2D eigenvalue weighted by atomic mass is 10.2. The molecule has 0 saturated heterocycles. The molecule has 0 spiro atoms. The summed E-state index contributed by atoms with van der Waals surface area (Å²) < 4.78 is 15.6. The Morgan fingerprint density at radius 3 is 2.31 bits per heavy atom. The van der Waals surface area contributed by atoms with Crippen molar-refractivity contribution in [1.29, 1.82) is 0 Å². The highest BCUT2D eigenvalue weighted by Crippen LogP contribution is 2.38. The van der Waals surface area contributed by atoms with Crippen LogP contribution < -0.4 is 19.6 Å². The van der Waals surface area contributed by atoms with Crippen molar-refractivity contribution in [1.82, 2.24) is 0 Å². The number of hydrogen-bond donors (Lipinski definition) is 2. The number of carboxylic acid groups (broad SMARTS) is 1. The molecular weight excluding hydrogens is 340 g/mol. The molecule has 0 aliphatic heterocycles. The average molecular weight is 358 g/mol. The summed E-state index contributed by atoms with van der Waals surface area (Å²) in [5, 5.41) is 13.1. The topological polar surface area (TPSA) is 106 Å². The molecule has 2 rings (SSSR count). The second-order valence-corrected chi connectivity index (χ2v) is 5.10. The van der Waals surface area contributed by atoms with Crippen LogP contribution in [0.3, 0.4) is 0 Å². The highest BCUT2D eigenvalue weighted by Gasteiger charge is 2.15. The van der Waals surface area contributed by atoms with Gasteiger partial charge in [0, 0.05) is 12.5 Å². The van der Waals surface area contributed by atoms with Gasteiger partial charge >= 0.3 is 11.9 Å². The summed E-state index contributed by atoms with van der Waals surface area (Å²) in [4.78, 5) is 22.2. The van der Waals surface area contributed by atoms with Crippen LogP contribution in [0.1, 0.15) is 22.8 Å². The number of nitrogens with zero attached hydrogens (tertiary/aromatic N) is 1. The highest BCUT2D eigenvalue weighted by molar-refractivity contribution is 5.89. The first kappa shape index (κ1) is 18.8. The third-order valence-corrected chi connectivity index (χ3v) is 3.25. The van der Waals surface area contributed by atoms with Crippen LogP contribution in [-0.2, 0) is 4.79 Å². The van der Waals surface area contributed by atoms with Crippen molar-refractivity contribution in [2.45, 2.75) is 6.92 Å². The number of methoxy groups -OCH3 is 2. The van der Waals surface area contributed by atoms with E-state index in [9.17, 15) is 9.59 Å². The Morgan fingerprint density at radius 1 is 1.12 bits per heavy atom. The number of benzene rings is 2. The summed E-state index contributed by atoms with van der Waals surface area (Å²) in [5.41, 5.74) is 4.05. The fourth-order valence-corrected chi connectivity index (χ4v) is 2.12. The fraction of sp³-hybridized carbons (Fsp3) is 0.167. The summed E-state index contributed by atoms with van der Waals surface area (Å²) in [6.45, 7) is 1.28. The molecule has 0 amide bonds. The molecule has 2 aromatic carbocycles. The van der Waals surface area contributed by atoms with Crippen molar-refractivity contribution < 1.29 is 28.9 Å². The maximum atomic E-state index is 11.2. The number of carbonyl (C=O) groups is 2. The Morgan fingerprint density at radius 2 is 1.77 bits per heavy atom. The van der Waals surface area contributed by atoms with E-state index < -0.39 is 11.9 Å². The number of esters is 1. The minimum Gasteiger partial charge on any atom is -0.493 e. The number of rotatable bonds is 7. The molecule has 2 aromatic rings. The molecule has 0 atom stereocenters. The Hall–Kier alpha value is -3.55. The molecule has 0 bridgehead atoms. The van der Waals surface area contributed by atoms with Gasteiger partial charge in [-0.1, -0.05) is 6.07 Å². The van der Waals surface area contributed by atoms with Gasteiger partial charge < -0.3 is 19.3 Å². The van der Waals surface area contributed by atoms with E-state index in [1.54, 1.807) is 24.3 Å². The standard InChI is InChI=1S/C18H18N2O6/c1-11(21)26-17-15(24-2)7-12(8-16(17)25-3)10-19-20-14-6-4-5-13(9-14)18(22)23/h4-10,20H,1-3H3,(H,22,23)/b19-10+. The molecule has 0 heterocycles. The van der Waals surface area contributed by atoms with Crippen LogP contribution in [0.4, 0.5) is 5.69 Å². The number of aromatic carboxylic acids is 1. The van der Waals surface area contributed by atoms with E-state index in [4.69, 9.17) is 19.3 Å². The molecule has 0 radical (unpaired) electrons. The maximum Gasteiger partial charge on any atom is 0.335 e.